The number of carbonyl (C=O) groups is 2. The van der Waals surface area contributed by atoms with E-state index in [0.717, 1.165) is 43.3 Å². The standard InChI is InChI=1S/C34H45N3O7S/c1-5-8-21-42-32-24-28(34(39)43-22-20-37(6-2)7-3)16-19-30(32)35-33(38)31(36-45(4,40)41)23-26-14-17-29(18-15-26)44-25-27-12-10-9-11-13-27/h9-19,24,31,36H,5-8,20-23,25H2,1-4H3,(H,35,38). The van der Waals surface area contributed by atoms with Gasteiger partial charge in [-0.05, 0) is 67.4 Å². The number of amides is 1. The van der Waals surface area contributed by atoms with Gasteiger partial charge in [-0.2, -0.15) is 0 Å². The predicted octanol–water partition coefficient (Wildman–Crippen LogP) is 5.04. The average molecular weight is 640 g/mol. The van der Waals surface area contributed by atoms with E-state index in [1.54, 1.807) is 36.4 Å². The molecule has 0 bridgehead atoms. The molecular weight excluding hydrogens is 594 g/mol. The number of nitrogens with zero attached hydrogens (tertiary/aromatic N) is 1. The molecule has 0 fully saturated rings. The minimum absolute atomic E-state index is 0.0981. The molecule has 3 aromatic carbocycles. The van der Waals surface area contributed by atoms with Gasteiger partial charge in [0.15, 0.2) is 0 Å². The zero-order chi connectivity index (χ0) is 32.7. The molecule has 10 nitrogen and oxygen atoms in total. The zero-order valence-electron chi connectivity index (χ0n) is 26.6. The van der Waals surface area contributed by atoms with Gasteiger partial charge in [-0.3, -0.25) is 4.79 Å². The lowest BCUT2D eigenvalue weighted by Gasteiger charge is -2.20. The summed E-state index contributed by atoms with van der Waals surface area (Å²) in [5.41, 5.74) is 2.38. The summed E-state index contributed by atoms with van der Waals surface area (Å²) in [7, 11) is -3.72. The van der Waals surface area contributed by atoms with Gasteiger partial charge in [0.1, 0.15) is 30.8 Å². The number of benzene rings is 3. The second kappa shape index (κ2) is 18.1. The van der Waals surface area contributed by atoms with Crippen LogP contribution >= 0.6 is 0 Å². The molecule has 0 heterocycles. The first kappa shape index (κ1) is 35.5. The topological polar surface area (TPSA) is 123 Å². The molecule has 11 heteroatoms. The number of ether oxygens (including phenoxy) is 3. The van der Waals surface area contributed by atoms with E-state index in [2.05, 4.69) is 14.9 Å². The smallest absolute Gasteiger partial charge is 0.338 e. The maximum absolute atomic E-state index is 13.5. The summed E-state index contributed by atoms with van der Waals surface area (Å²) in [6.45, 7) is 9.52. The summed E-state index contributed by atoms with van der Waals surface area (Å²) in [6.07, 6.45) is 2.77. The Morgan fingerprint density at radius 3 is 2.22 bits per heavy atom. The van der Waals surface area contributed by atoms with Crippen molar-refractivity contribution in [2.75, 3.05) is 44.4 Å². The first-order valence-corrected chi connectivity index (χ1v) is 17.2. The molecule has 0 radical (unpaired) electrons. The Labute approximate surface area is 267 Å². The highest BCUT2D eigenvalue weighted by molar-refractivity contribution is 7.88. The molecule has 2 N–H and O–H groups in total. The molecule has 0 saturated heterocycles. The molecule has 1 atom stereocenters. The lowest BCUT2D eigenvalue weighted by Crippen LogP contribution is -2.44. The van der Waals surface area contributed by atoms with Crippen LogP contribution in [0.4, 0.5) is 5.69 Å². The number of hydrogen-bond donors (Lipinski definition) is 2. The van der Waals surface area contributed by atoms with E-state index >= 15 is 0 Å². The number of unbranched alkanes of at least 4 members (excludes halogenated alkanes) is 1. The predicted molar refractivity (Wildman–Crippen MR) is 176 cm³/mol. The lowest BCUT2D eigenvalue weighted by molar-refractivity contribution is -0.117. The van der Waals surface area contributed by atoms with Crippen LogP contribution in [-0.2, 0) is 32.6 Å². The molecule has 45 heavy (non-hydrogen) atoms. The first-order valence-electron chi connectivity index (χ1n) is 15.3. The minimum Gasteiger partial charge on any atom is -0.491 e. The van der Waals surface area contributed by atoms with Crippen LogP contribution in [0.1, 0.15) is 55.1 Å². The fourth-order valence-corrected chi connectivity index (χ4v) is 5.16. The van der Waals surface area contributed by atoms with E-state index in [0.29, 0.717) is 42.5 Å². The Kier molecular flexibility index (Phi) is 14.3. The molecule has 0 aromatic heterocycles. The van der Waals surface area contributed by atoms with Crippen molar-refractivity contribution in [3.63, 3.8) is 0 Å². The van der Waals surface area contributed by atoms with Crippen molar-refractivity contribution in [1.82, 2.24) is 9.62 Å². The van der Waals surface area contributed by atoms with E-state index in [1.807, 2.05) is 51.1 Å². The third-order valence-electron chi connectivity index (χ3n) is 7.05. The molecule has 0 aliphatic rings. The summed E-state index contributed by atoms with van der Waals surface area (Å²) in [5.74, 6) is -0.110. The first-order chi connectivity index (χ1) is 21.6. The van der Waals surface area contributed by atoms with Crippen LogP contribution in [-0.4, -0.2) is 70.3 Å². The van der Waals surface area contributed by atoms with Crippen molar-refractivity contribution >= 4 is 27.6 Å². The van der Waals surface area contributed by atoms with Gasteiger partial charge in [-0.25, -0.2) is 17.9 Å². The molecule has 1 amide bonds. The summed E-state index contributed by atoms with van der Waals surface area (Å²) < 4.78 is 44.1. The number of anilines is 1. The van der Waals surface area contributed by atoms with Crippen LogP contribution in [0.5, 0.6) is 11.5 Å². The van der Waals surface area contributed by atoms with Crippen LogP contribution in [0.25, 0.3) is 0 Å². The third kappa shape index (κ3) is 12.5. The minimum atomic E-state index is -3.72. The van der Waals surface area contributed by atoms with Crippen molar-refractivity contribution in [1.29, 1.82) is 0 Å². The van der Waals surface area contributed by atoms with Crippen LogP contribution < -0.4 is 19.5 Å². The van der Waals surface area contributed by atoms with Crippen molar-refractivity contribution in [3.05, 3.63) is 89.5 Å². The Morgan fingerprint density at radius 1 is 0.867 bits per heavy atom. The van der Waals surface area contributed by atoms with E-state index in [4.69, 9.17) is 14.2 Å². The van der Waals surface area contributed by atoms with Crippen LogP contribution in [0, 0.1) is 0 Å². The van der Waals surface area contributed by atoms with Crippen LogP contribution in [0.15, 0.2) is 72.8 Å². The molecule has 0 aliphatic heterocycles. The lowest BCUT2D eigenvalue weighted by atomic mass is 10.1. The van der Waals surface area contributed by atoms with Gasteiger partial charge in [0.05, 0.1) is 24.1 Å². The fraction of sp³-hybridized carbons (Fsp3) is 0.412. The number of likely N-dealkylation sites (N-methyl/N-ethyl adjacent to an activating group) is 1. The fourth-order valence-electron chi connectivity index (χ4n) is 4.45. The number of nitrogens with one attached hydrogen (secondary N) is 2. The highest BCUT2D eigenvalue weighted by Gasteiger charge is 2.24. The number of sulfonamides is 1. The molecule has 3 rings (SSSR count). The molecule has 0 aliphatic carbocycles. The van der Waals surface area contributed by atoms with Crippen LogP contribution in [0.2, 0.25) is 0 Å². The van der Waals surface area contributed by atoms with Gasteiger partial charge in [0.2, 0.25) is 15.9 Å². The number of hydrogen-bond acceptors (Lipinski definition) is 8. The SMILES string of the molecule is CCCCOc1cc(C(=O)OCCN(CC)CC)ccc1NC(=O)C(Cc1ccc(OCc2ccccc2)cc1)NS(C)(=O)=O. The van der Waals surface area contributed by atoms with Gasteiger partial charge < -0.3 is 24.4 Å². The molecule has 0 spiro atoms. The van der Waals surface area contributed by atoms with Crippen molar-refractivity contribution in [2.45, 2.75) is 52.7 Å². The summed E-state index contributed by atoms with van der Waals surface area (Å²) in [5, 5.41) is 2.80. The van der Waals surface area contributed by atoms with Crippen LogP contribution in [0.3, 0.4) is 0 Å². The number of carbonyl (C=O) groups excluding carboxylic acids is 2. The molecule has 1 unspecified atom stereocenters. The Hall–Kier alpha value is -3.93. The van der Waals surface area contributed by atoms with E-state index < -0.39 is 27.9 Å². The van der Waals surface area contributed by atoms with Gasteiger partial charge in [0.25, 0.3) is 0 Å². The summed E-state index contributed by atoms with van der Waals surface area (Å²) in [4.78, 5) is 28.4. The van der Waals surface area contributed by atoms with E-state index in [1.165, 1.54) is 6.07 Å². The van der Waals surface area contributed by atoms with Gasteiger partial charge in [-0.15, -0.1) is 0 Å². The average Bonchev–Trinajstić information content (AvgIpc) is 3.03. The summed E-state index contributed by atoms with van der Waals surface area (Å²) >= 11 is 0. The van der Waals surface area contributed by atoms with E-state index in [-0.39, 0.29) is 13.0 Å². The highest BCUT2D eigenvalue weighted by Crippen LogP contribution is 2.27. The molecule has 0 saturated carbocycles. The second-order valence-corrected chi connectivity index (χ2v) is 12.4. The molecular formula is C34H45N3O7S. The summed E-state index contributed by atoms with van der Waals surface area (Å²) in [6, 6.07) is 20.5. The monoisotopic (exact) mass is 639 g/mol. The van der Waals surface area contributed by atoms with Crippen molar-refractivity contribution < 1.29 is 32.2 Å². The largest absolute Gasteiger partial charge is 0.491 e. The van der Waals surface area contributed by atoms with E-state index in [9.17, 15) is 18.0 Å². The Balaban J connectivity index is 1.72. The third-order valence-corrected chi connectivity index (χ3v) is 7.76. The van der Waals surface area contributed by atoms with Crippen molar-refractivity contribution in [3.8, 4) is 11.5 Å². The quantitative estimate of drug-likeness (QED) is 0.138. The van der Waals surface area contributed by atoms with Gasteiger partial charge >= 0.3 is 5.97 Å². The highest BCUT2D eigenvalue weighted by atomic mass is 32.2. The Bertz CT molecular complexity index is 1460. The van der Waals surface area contributed by atoms with Crippen molar-refractivity contribution in [2.24, 2.45) is 0 Å². The number of esters is 1. The van der Waals surface area contributed by atoms with Gasteiger partial charge in [-0.1, -0.05) is 69.7 Å². The second-order valence-electron chi connectivity index (χ2n) is 10.6. The maximum atomic E-state index is 13.5. The number of rotatable bonds is 19. The zero-order valence-corrected chi connectivity index (χ0v) is 27.4. The normalized spacial score (nSPS) is 12.0. The van der Waals surface area contributed by atoms with Gasteiger partial charge in [0, 0.05) is 6.54 Å². The maximum Gasteiger partial charge on any atom is 0.338 e. The molecule has 244 valence electrons. The molecule has 3 aromatic rings. The Morgan fingerprint density at radius 2 is 1.58 bits per heavy atom.